The Morgan fingerprint density at radius 1 is 1.47 bits per heavy atom. The van der Waals surface area contributed by atoms with Crippen LogP contribution in [0.2, 0.25) is 0 Å². The summed E-state index contributed by atoms with van der Waals surface area (Å²) in [5.41, 5.74) is 1.46. The molecule has 0 heterocycles. The van der Waals surface area contributed by atoms with Gasteiger partial charge >= 0.3 is 0 Å². The molecule has 0 bridgehead atoms. The second kappa shape index (κ2) is 5.73. The molecular weight excluding hydrogens is 192 g/mol. The van der Waals surface area contributed by atoms with E-state index in [1.54, 1.807) is 19.2 Å². The van der Waals surface area contributed by atoms with Gasteiger partial charge in [0, 0.05) is 13.5 Å². The van der Waals surface area contributed by atoms with Gasteiger partial charge in [-0.25, -0.2) is 4.79 Å². The molecule has 4 nitrogen and oxygen atoms in total. The van der Waals surface area contributed by atoms with Gasteiger partial charge in [0.1, 0.15) is 0 Å². The first-order chi connectivity index (χ1) is 7.27. The Labute approximate surface area is 88.0 Å². The second-order valence-electron chi connectivity index (χ2n) is 3.00. The number of aliphatic imine (C=N–C) groups is 1. The van der Waals surface area contributed by atoms with Crippen molar-refractivity contribution in [2.45, 2.75) is 12.8 Å². The van der Waals surface area contributed by atoms with Crippen LogP contribution in [-0.2, 0) is 16.0 Å². The van der Waals surface area contributed by atoms with Crippen LogP contribution in [0.5, 0.6) is 0 Å². The molecule has 0 aromatic heterocycles. The van der Waals surface area contributed by atoms with Crippen molar-refractivity contribution in [2.75, 3.05) is 7.05 Å². The lowest BCUT2D eigenvalue weighted by molar-refractivity contribution is -0.120. The highest BCUT2D eigenvalue weighted by atomic mass is 16.1. The molecule has 15 heavy (non-hydrogen) atoms. The van der Waals surface area contributed by atoms with E-state index in [9.17, 15) is 9.59 Å². The lowest BCUT2D eigenvalue weighted by Gasteiger charge is -2.03. The average molecular weight is 204 g/mol. The molecule has 4 heteroatoms. The van der Waals surface area contributed by atoms with E-state index in [-0.39, 0.29) is 5.91 Å². The number of carbonyl (C=O) groups is 1. The van der Waals surface area contributed by atoms with Crippen LogP contribution in [0.1, 0.15) is 12.0 Å². The maximum atomic E-state index is 11.0. The van der Waals surface area contributed by atoms with Crippen LogP contribution in [-0.4, -0.2) is 19.0 Å². The van der Waals surface area contributed by atoms with Crippen LogP contribution < -0.4 is 5.32 Å². The van der Waals surface area contributed by atoms with Gasteiger partial charge in [-0.3, -0.25) is 4.79 Å². The molecule has 0 saturated carbocycles. The van der Waals surface area contributed by atoms with Crippen molar-refractivity contribution in [3.63, 3.8) is 0 Å². The number of benzene rings is 1. The molecule has 0 spiro atoms. The third-order valence-corrected chi connectivity index (χ3v) is 2.06. The number of rotatable bonds is 4. The summed E-state index contributed by atoms with van der Waals surface area (Å²) in [6, 6.07) is 7.21. The van der Waals surface area contributed by atoms with E-state index in [0.717, 1.165) is 5.56 Å². The van der Waals surface area contributed by atoms with Gasteiger partial charge in [-0.2, -0.15) is 4.99 Å². The Morgan fingerprint density at radius 3 is 2.87 bits per heavy atom. The normalized spacial score (nSPS) is 9.13. The summed E-state index contributed by atoms with van der Waals surface area (Å²) >= 11 is 0. The zero-order valence-electron chi connectivity index (χ0n) is 8.49. The van der Waals surface area contributed by atoms with Gasteiger partial charge in [-0.05, 0) is 18.1 Å². The van der Waals surface area contributed by atoms with Crippen LogP contribution in [0.25, 0.3) is 0 Å². The SMILES string of the molecule is CNC(=O)CCc1ccccc1N=C=O. The average Bonchev–Trinajstić information content (AvgIpc) is 2.28. The topological polar surface area (TPSA) is 58.5 Å². The minimum Gasteiger partial charge on any atom is -0.359 e. The zero-order chi connectivity index (χ0) is 11.1. The predicted octanol–water partition coefficient (Wildman–Crippen LogP) is 1.33. The van der Waals surface area contributed by atoms with Gasteiger partial charge in [-0.1, -0.05) is 18.2 Å². The molecule has 1 aromatic carbocycles. The van der Waals surface area contributed by atoms with Gasteiger partial charge in [0.05, 0.1) is 5.69 Å². The summed E-state index contributed by atoms with van der Waals surface area (Å²) in [7, 11) is 1.60. The van der Waals surface area contributed by atoms with E-state index < -0.39 is 0 Å². The molecule has 0 unspecified atom stereocenters. The number of nitrogens with zero attached hydrogens (tertiary/aromatic N) is 1. The first-order valence-electron chi connectivity index (χ1n) is 4.64. The van der Waals surface area contributed by atoms with Gasteiger partial charge in [0.15, 0.2) is 0 Å². The van der Waals surface area contributed by atoms with Crippen LogP contribution in [0, 0.1) is 0 Å². The molecule has 1 aromatic rings. The molecule has 0 saturated heterocycles. The minimum absolute atomic E-state index is 0.0279. The fourth-order valence-corrected chi connectivity index (χ4v) is 1.25. The Hall–Kier alpha value is -1.93. The molecule has 1 amide bonds. The number of isocyanates is 1. The van der Waals surface area contributed by atoms with Crippen LogP contribution in [0.4, 0.5) is 5.69 Å². The number of carbonyl (C=O) groups excluding carboxylic acids is 2. The van der Waals surface area contributed by atoms with Crippen molar-refractivity contribution >= 4 is 17.7 Å². The van der Waals surface area contributed by atoms with Gasteiger partial charge in [-0.15, -0.1) is 0 Å². The van der Waals surface area contributed by atoms with Crippen LogP contribution >= 0.6 is 0 Å². The van der Waals surface area contributed by atoms with Crippen molar-refractivity contribution in [3.05, 3.63) is 29.8 Å². The third kappa shape index (κ3) is 3.37. The summed E-state index contributed by atoms with van der Waals surface area (Å²) < 4.78 is 0. The van der Waals surface area contributed by atoms with Crippen LogP contribution in [0.3, 0.4) is 0 Å². The van der Waals surface area contributed by atoms with E-state index >= 15 is 0 Å². The lowest BCUT2D eigenvalue weighted by Crippen LogP contribution is -2.17. The van der Waals surface area contributed by atoms with E-state index in [0.29, 0.717) is 18.5 Å². The van der Waals surface area contributed by atoms with E-state index in [2.05, 4.69) is 10.3 Å². The number of para-hydroxylation sites is 1. The minimum atomic E-state index is -0.0279. The molecule has 0 aliphatic carbocycles. The second-order valence-corrected chi connectivity index (χ2v) is 3.00. The molecular formula is C11H12N2O2. The Morgan fingerprint density at radius 2 is 2.20 bits per heavy atom. The molecule has 0 fully saturated rings. The highest BCUT2D eigenvalue weighted by Gasteiger charge is 2.03. The van der Waals surface area contributed by atoms with Crippen molar-refractivity contribution in [3.8, 4) is 0 Å². The summed E-state index contributed by atoms with van der Waals surface area (Å²) in [6.07, 6.45) is 2.46. The number of hydrogen-bond donors (Lipinski definition) is 1. The van der Waals surface area contributed by atoms with Crippen molar-refractivity contribution in [2.24, 2.45) is 4.99 Å². The summed E-state index contributed by atoms with van der Waals surface area (Å²) in [5.74, 6) is -0.0279. The third-order valence-electron chi connectivity index (χ3n) is 2.06. The molecule has 1 rings (SSSR count). The van der Waals surface area contributed by atoms with E-state index in [1.807, 2.05) is 12.1 Å². The quantitative estimate of drug-likeness (QED) is 0.594. The number of hydrogen-bond acceptors (Lipinski definition) is 3. The molecule has 0 aliphatic rings. The highest BCUT2D eigenvalue weighted by molar-refractivity contribution is 5.76. The van der Waals surface area contributed by atoms with Gasteiger partial charge in [0.25, 0.3) is 0 Å². The molecule has 78 valence electrons. The smallest absolute Gasteiger partial charge is 0.240 e. The first-order valence-corrected chi connectivity index (χ1v) is 4.64. The summed E-state index contributed by atoms with van der Waals surface area (Å²) in [6.45, 7) is 0. The monoisotopic (exact) mass is 204 g/mol. The van der Waals surface area contributed by atoms with Gasteiger partial charge in [0.2, 0.25) is 12.0 Å². The van der Waals surface area contributed by atoms with Crippen molar-refractivity contribution < 1.29 is 9.59 Å². The predicted molar refractivity (Wildman–Crippen MR) is 56.6 cm³/mol. The van der Waals surface area contributed by atoms with E-state index in [4.69, 9.17) is 0 Å². The molecule has 0 atom stereocenters. The Balaban J connectivity index is 2.75. The summed E-state index contributed by atoms with van der Waals surface area (Å²) in [5, 5.41) is 2.54. The Kier molecular flexibility index (Phi) is 4.26. The van der Waals surface area contributed by atoms with Crippen molar-refractivity contribution in [1.29, 1.82) is 0 Å². The Bertz CT molecular complexity index is 395. The molecule has 1 N–H and O–H groups in total. The highest BCUT2D eigenvalue weighted by Crippen LogP contribution is 2.19. The maximum absolute atomic E-state index is 11.0. The van der Waals surface area contributed by atoms with E-state index in [1.165, 1.54) is 6.08 Å². The standard InChI is InChI=1S/C11H12N2O2/c1-12-11(15)7-6-9-4-2-3-5-10(9)13-8-14/h2-5H,6-7H2,1H3,(H,12,15). The maximum Gasteiger partial charge on any atom is 0.240 e. The molecule has 0 aliphatic heterocycles. The zero-order valence-corrected chi connectivity index (χ0v) is 8.49. The fraction of sp³-hybridized carbons (Fsp3) is 0.273. The van der Waals surface area contributed by atoms with Gasteiger partial charge < -0.3 is 5.32 Å². The number of amides is 1. The van der Waals surface area contributed by atoms with Crippen LogP contribution in [0.15, 0.2) is 29.3 Å². The fourth-order valence-electron chi connectivity index (χ4n) is 1.25. The molecule has 0 radical (unpaired) electrons. The lowest BCUT2D eigenvalue weighted by atomic mass is 10.1. The number of aryl methyl sites for hydroxylation is 1. The number of nitrogens with one attached hydrogen (secondary N) is 1. The summed E-state index contributed by atoms with van der Waals surface area (Å²) in [4.78, 5) is 24.8. The first kappa shape index (κ1) is 11.1. The van der Waals surface area contributed by atoms with Crippen molar-refractivity contribution in [1.82, 2.24) is 5.32 Å². The largest absolute Gasteiger partial charge is 0.359 e.